The molecule has 3 aromatic rings. The fourth-order valence-electron chi connectivity index (χ4n) is 3.51. The van der Waals surface area contributed by atoms with Gasteiger partial charge in [-0.1, -0.05) is 65.7 Å². The molecule has 0 spiro atoms. The van der Waals surface area contributed by atoms with Crippen LogP contribution in [-0.2, 0) is 0 Å². The lowest BCUT2D eigenvalue weighted by Crippen LogP contribution is -2.39. The summed E-state index contributed by atoms with van der Waals surface area (Å²) >= 11 is 14.2. The Morgan fingerprint density at radius 1 is 0.654 bits per heavy atom. The first kappa shape index (κ1) is 17.8. The Hall–Kier alpha value is -1.61. The van der Waals surface area contributed by atoms with Gasteiger partial charge in [-0.25, -0.2) is 0 Å². The molecule has 1 saturated heterocycles. The summed E-state index contributed by atoms with van der Waals surface area (Å²) in [6.45, 7) is 0. The first-order chi connectivity index (χ1) is 12.7. The van der Waals surface area contributed by atoms with Gasteiger partial charge in [0, 0.05) is 27.2 Å². The monoisotopic (exact) mass is 399 g/mol. The van der Waals surface area contributed by atoms with Gasteiger partial charge >= 0.3 is 0 Å². The van der Waals surface area contributed by atoms with Crippen LogP contribution in [0, 0.1) is 0 Å². The molecule has 1 aliphatic heterocycles. The molecular weight excluding hydrogens is 381 g/mol. The fraction of sp³-hybridized carbons (Fsp3) is 0.182. The Morgan fingerprint density at radius 2 is 1.12 bits per heavy atom. The molecule has 0 bridgehead atoms. The van der Waals surface area contributed by atoms with Crippen molar-refractivity contribution in [3.8, 4) is 0 Å². The molecule has 0 saturated carbocycles. The van der Waals surface area contributed by atoms with Gasteiger partial charge in [0.1, 0.15) is 0 Å². The van der Waals surface area contributed by atoms with Gasteiger partial charge in [-0.2, -0.15) is 11.8 Å². The molecule has 1 nitrogen and oxygen atoms in total. The molecule has 0 aliphatic carbocycles. The summed E-state index contributed by atoms with van der Waals surface area (Å²) in [6.07, 6.45) is 0. The molecule has 4 rings (SSSR count). The lowest BCUT2D eigenvalue weighted by molar-refractivity contribution is 0.582. The average molecular weight is 400 g/mol. The molecule has 1 fully saturated rings. The maximum Gasteiger partial charge on any atom is 0.0639 e. The van der Waals surface area contributed by atoms with Crippen molar-refractivity contribution < 1.29 is 0 Å². The highest BCUT2D eigenvalue weighted by molar-refractivity contribution is 7.99. The van der Waals surface area contributed by atoms with Gasteiger partial charge in [-0.15, -0.1) is 0 Å². The SMILES string of the molecule is Clc1ccc([C@H]2CSC[C@H](c3ccc(Cl)cc3)N2c2ccccc2)cc1. The second-order valence-electron chi connectivity index (χ2n) is 6.41. The second kappa shape index (κ2) is 7.96. The van der Waals surface area contributed by atoms with Crippen molar-refractivity contribution in [2.75, 3.05) is 16.4 Å². The fourth-order valence-corrected chi connectivity index (χ4v) is 5.05. The van der Waals surface area contributed by atoms with Crippen molar-refractivity contribution >= 4 is 40.7 Å². The number of thioether (sulfide) groups is 1. The molecular formula is C22H19Cl2NS. The number of para-hydroxylation sites is 1. The molecule has 0 aromatic heterocycles. The first-order valence-corrected chi connectivity index (χ1v) is 10.6. The Bertz CT molecular complexity index is 796. The van der Waals surface area contributed by atoms with Gasteiger partial charge in [-0.05, 0) is 47.5 Å². The molecule has 0 amide bonds. The van der Waals surface area contributed by atoms with E-state index in [-0.39, 0.29) is 0 Å². The van der Waals surface area contributed by atoms with Crippen molar-refractivity contribution in [1.29, 1.82) is 0 Å². The normalized spacial score (nSPS) is 20.2. The van der Waals surface area contributed by atoms with Crippen LogP contribution in [0.1, 0.15) is 23.2 Å². The summed E-state index contributed by atoms with van der Waals surface area (Å²) in [5, 5.41) is 1.55. The van der Waals surface area contributed by atoms with Gasteiger partial charge in [0.2, 0.25) is 0 Å². The van der Waals surface area contributed by atoms with E-state index in [0.29, 0.717) is 12.1 Å². The number of nitrogens with zero attached hydrogens (tertiary/aromatic N) is 1. The van der Waals surface area contributed by atoms with E-state index in [1.807, 2.05) is 36.0 Å². The zero-order chi connectivity index (χ0) is 17.9. The standard InChI is InChI=1S/C22H19Cl2NS/c23-18-10-6-16(7-11-18)21-14-26-15-22(17-8-12-19(24)13-9-17)25(21)20-4-2-1-3-5-20/h1-13,21-22H,14-15H2/t21-,22-/m1/s1. The van der Waals surface area contributed by atoms with E-state index >= 15 is 0 Å². The molecule has 0 N–H and O–H groups in total. The predicted octanol–water partition coefficient (Wildman–Crippen LogP) is 7.03. The molecule has 0 radical (unpaired) electrons. The smallest absolute Gasteiger partial charge is 0.0639 e. The van der Waals surface area contributed by atoms with Gasteiger partial charge in [0.25, 0.3) is 0 Å². The number of hydrogen-bond acceptors (Lipinski definition) is 2. The molecule has 0 unspecified atom stereocenters. The number of halogens is 2. The summed E-state index contributed by atoms with van der Waals surface area (Å²) in [6, 6.07) is 27.8. The maximum atomic E-state index is 6.11. The highest BCUT2D eigenvalue weighted by Crippen LogP contribution is 2.43. The number of rotatable bonds is 3. The lowest BCUT2D eigenvalue weighted by atomic mass is 9.99. The summed E-state index contributed by atoms with van der Waals surface area (Å²) < 4.78 is 0. The zero-order valence-electron chi connectivity index (χ0n) is 14.2. The third-order valence-corrected chi connectivity index (χ3v) is 6.39. The highest BCUT2D eigenvalue weighted by atomic mass is 35.5. The molecule has 132 valence electrons. The van der Waals surface area contributed by atoms with Crippen molar-refractivity contribution in [2.24, 2.45) is 0 Å². The minimum absolute atomic E-state index is 0.300. The van der Waals surface area contributed by atoms with Crippen molar-refractivity contribution in [2.45, 2.75) is 12.1 Å². The first-order valence-electron chi connectivity index (χ1n) is 8.64. The highest BCUT2D eigenvalue weighted by Gasteiger charge is 2.33. The molecule has 26 heavy (non-hydrogen) atoms. The van der Waals surface area contributed by atoms with E-state index in [0.717, 1.165) is 21.6 Å². The zero-order valence-corrected chi connectivity index (χ0v) is 16.5. The van der Waals surface area contributed by atoms with Crippen LogP contribution in [0.3, 0.4) is 0 Å². The van der Waals surface area contributed by atoms with Crippen LogP contribution in [0.5, 0.6) is 0 Å². The van der Waals surface area contributed by atoms with Crippen LogP contribution in [-0.4, -0.2) is 11.5 Å². The summed E-state index contributed by atoms with van der Waals surface area (Å²) in [4.78, 5) is 2.54. The minimum Gasteiger partial charge on any atom is -0.356 e. The summed E-state index contributed by atoms with van der Waals surface area (Å²) in [5.74, 6) is 2.11. The van der Waals surface area contributed by atoms with E-state index in [2.05, 4.69) is 59.5 Å². The second-order valence-corrected chi connectivity index (χ2v) is 8.36. The van der Waals surface area contributed by atoms with Gasteiger partial charge in [-0.3, -0.25) is 0 Å². The third kappa shape index (κ3) is 3.73. The lowest BCUT2D eigenvalue weighted by Gasteiger charge is -2.44. The Balaban J connectivity index is 1.77. The topological polar surface area (TPSA) is 3.24 Å². The van der Waals surface area contributed by atoms with Crippen LogP contribution in [0.15, 0.2) is 78.9 Å². The number of hydrogen-bond donors (Lipinski definition) is 0. The number of benzene rings is 3. The van der Waals surface area contributed by atoms with E-state index in [4.69, 9.17) is 23.2 Å². The third-order valence-electron chi connectivity index (χ3n) is 4.79. The Labute approximate surface area is 168 Å². The van der Waals surface area contributed by atoms with Gasteiger partial charge < -0.3 is 4.90 Å². The van der Waals surface area contributed by atoms with Crippen LogP contribution in [0.4, 0.5) is 5.69 Å². The van der Waals surface area contributed by atoms with Gasteiger partial charge in [0.15, 0.2) is 0 Å². The van der Waals surface area contributed by atoms with Crippen LogP contribution in [0.2, 0.25) is 10.0 Å². The van der Waals surface area contributed by atoms with Crippen LogP contribution >= 0.6 is 35.0 Å². The Morgan fingerprint density at radius 3 is 1.58 bits per heavy atom. The maximum absolute atomic E-state index is 6.11. The van der Waals surface area contributed by atoms with Gasteiger partial charge in [0.05, 0.1) is 12.1 Å². The van der Waals surface area contributed by atoms with Crippen LogP contribution < -0.4 is 4.90 Å². The van der Waals surface area contributed by atoms with Crippen LogP contribution in [0.25, 0.3) is 0 Å². The quantitative estimate of drug-likeness (QED) is 0.464. The van der Waals surface area contributed by atoms with E-state index < -0.39 is 0 Å². The minimum atomic E-state index is 0.300. The molecule has 1 aliphatic rings. The average Bonchev–Trinajstić information content (AvgIpc) is 2.69. The molecule has 3 aromatic carbocycles. The van der Waals surface area contributed by atoms with E-state index in [9.17, 15) is 0 Å². The number of anilines is 1. The van der Waals surface area contributed by atoms with E-state index in [1.165, 1.54) is 16.8 Å². The predicted molar refractivity (Wildman–Crippen MR) is 115 cm³/mol. The van der Waals surface area contributed by atoms with Crippen molar-refractivity contribution in [3.63, 3.8) is 0 Å². The largest absolute Gasteiger partial charge is 0.356 e. The molecule has 1 heterocycles. The summed E-state index contributed by atoms with van der Waals surface area (Å²) in [5.41, 5.74) is 3.83. The van der Waals surface area contributed by atoms with Crippen molar-refractivity contribution in [1.82, 2.24) is 0 Å². The molecule has 2 atom stereocenters. The molecule has 4 heteroatoms. The Kier molecular flexibility index (Phi) is 5.44. The summed E-state index contributed by atoms with van der Waals surface area (Å²) in [7, 11) is 0. The van der Waals surface area contributed by atoms with Crippen molar-refractivity contribution in [3.05, 3.63) is 100 Å². The van der Waals surface area contributed by atoms with E-state index in [1.54, 1.807) is 0 Å².